The van der Waals surface area contributed by atoms with Crippen LogP contribution in [0.3, 0.4) is 0 Å². The van der Waals surface area contributed by atoms with Crippen molar-refractivity contribution in [2.75, 3.05) is 19.6 Å². The molecule has 0 saturated heterocycles. The molecular weight excluding hydrogens is 302 g/mol. The van der Waals surface area contributed by atoms with E-state index in [-0.39, 0.29) is 36.7 Å². The van der Waals surface area contributed by atoms with Crippen molar-refractivity contribution in [3.63, 3.8) is 0 Å². The van der Waals surface area contributed by atoms with Gasteiger partial charge in [-0.1, -0.05) is 37.3 Å². The second-order valence-electron chi connectivity index (χ2n) is 4.97. The summed E-state index contributed by atoms with van der Waals surface area (Å²) in [6.07, 6.45) is 1.32. The minimum Gasteiger partial charge on any atom is -0.355 e. The normalized spacial score (nSPS) is 11.2. The van der Waals surface area contributed by atoms with Crippen molar-refractivity contribution in [2.45, 2.75) is 32.7 Å². The maximum absolute atomic E-state index is 12.0. The lowest BCUT2D eigenvalue weighted by Gasteiger charge is -2.18. The number of nitrogens with one attached hydrogen (secondary N) is 3. The maximum Gasteiger partial charge on any atom is 0.222 e. The Hall–Kier alpha value is -1.59. The summed E-state index contributed by atoms with van der Waals surface area (Å²) >= 11 is 0. The summed E-state index contributed by atoms with van der Waals surface area (Å²) in [6.45, 7) is 5.87. The molecule has 0 aromatic heterocycles. The minimum absolute atomic E-state index is 0. The number of hydrogen-bond donors (Lipinski definition) is 3. The summed E-state index contributed by atoms with van der Waals surface area (Å²) in [4.78, 5) is 23.2. The van der Waals surface area contributed by atoms with Gasteiger partial charge in [0.15, 0.2) is 0 Å². The molecule has 2 amide bonds. The van der Waals surface area contributed by atoms with Gasteiger partial charge in [0.1, 0.15) is 0 Å². The van der Waals surface area contributed by atoms with Crippen LogP contribution in [0.2, 0.25) is 0 Å². The molecule has 6 heteroatoms. The topological polar surface area (TPSA) is 70.2 Å². The molecular formula is C16H26ClN3O2. The Kier molecular flexibility index (Phi) is 11.1. The molecule has 1 aromatic carbocycles. The highest BCUT2D eigenvalue weighted by atomic mass is 35.5. The van der Waals surface area contributed by atoms with E-state index in [9.17, 15) is 9.59 Å². The number of halogens is 1. The fourth-order valence-electron chi connectivity index (χ4n) is 2.03. The maximum atomic E-state index is 12.0. The van der Waals surface area contributed by atoms with Crippen LogP contribution in [0, 0.1) is 0 Å². The van der Waals surface area contributed by atoms with Crippen LogP contribution in [-0.2, 0) is 9.59 Å². The molecule has 1 unspecified atom stereocenters. The predicted octanol–water partition coefficient (Wildman–Crippen LogP) is 1.79. The van der Waals surface area contributed by atoms with Crippen molar-refractivity contribution in [1.29, 1.82) is 0 Å². The first-order valence-corrected chi connectivity index (χ1v) is 7.43. The molecule has 124 valence electrons. The van der Waals surface area contributed by atoms with Gasteiger partial charge in [0, 0.05) is 20.0 Å². The number of amides is 2. The summed E-state index contributed by atoms with van der Waals surface area (Å²) in [5.41, 5.74) is 0.937. The number of carbonyl (C=O) groups excluding carboxylic acids is 2. The Morgan fingerprint density at radius 3 is 2.36 bits per heavy atom. The van der Waals surface area contributed by atoms with Gasteiger partial charge in [-0.2, -0.15) is 0 Å². The van der Waals surface area contributed by atoms with E-state index in [4.69, 9.17) is 0 Å². The summed E-state index contributed by atoms with van der Waals surface area (Å²) < 4.78 is 0. The zero-order valence-corrected chi connectivity index (χ0v) is 14.0. The van der Waals surface area contributed by atoms with Crippen LogP contribution >= 0.6 is 12.4 Å². The quantitative estimate of drug-likeness (QED) is 0.606. The molecule has 22 heavy (non-hydrogen) atoms. The van der Waals surface area contributed by atoms with Crippen molar-refractivity contribution in [1.82, 2.24) is 16.0 Å². The van der Waals surface area contributed by atoms with Crippen molar-refractivity contribution in [2.24, 2.45) is 0 Å². The van der Waals surface area contributed by atoms with E-state index in [0.717, 1.165) is 25.1 Å². The lowest BCUT2D eigenvalue weighted by atomic mass is 10.0. The van der Waals surface area contributed by atoms with E-state index in [0.29, 0.717) is 6.54 Å². The average Bonchev–Trinajstić information content (AvgIpc) is 2.47. The third kappa shape index (κ3) is 8.64. The van der Waals surface area contributed by atoms with Crippen molar-refractivity contribution in [3.05, 3.63) is 35.9 Å². The third-order valence-corrected chi connectivity index (χ3v) is 3.02. The molecule has 0 aliphatic carbocycles. The molecule has 0 radical (unpaired) electrons. The van der Waals surface area contributed by atoms with Gasteiger partial charge in [-0.3, -0.25) is 9.59 Å². The van der Waals surface area contributed by atoms with Gasteiger partial charge in [-0.05, 0) is 18.5 Å². The number of rotatable bonds is 9. The highest BCUT2D eigenvalue weighted by Crippen LogP contribution is 2.16. The van der Waals surface area contributed by atoms with Crippen molar-refractivity contribution in [3.8, 4) is 0 Å². The van der Waals surface area contributed by atoms with Crippen LogP contribution in [0.15, 0.2) is 30.3 Å². The zero-order valence-electron chi connectivity index (χ0n) is 13.2. The first-order chi connectivity index (χ1) is 10.1. The number of carbonyl (C=O) groups is 2. The SMILES string of the molecule is CCCNCCNC(=O)CC(NC(C)=O)c1ccccc1.Cl. The molecule has 1 rings (SSSR count). The summed E-state index contributed by atoms with van der Waals surface area (Å²) in [6, 6.07) is 9.25. The molecule has 0 aliphatic heterocycles. The van der Waals surface area contributed by atoms with Crippen LogP contribution in [-0.4, -0.2) is 31.4 Å². The van der Waals surface area contributed by atoms with Gasteiger partial charge in [-0.25, -0.2) is 0 Å². The Labute approximate surface area is 138 Å². The van der Waals surface area contributed by atoms with Crippen molar-refractivity contribution >= 4 is 24.2 Å². The van der Waals surface area contributed by atoms with Crippen LogP contribution in [0.5, 0.6) is 0 Å². The molecule has 1 aromatic rings. The Bertz CT molecular complexity index is 440. The van der Waals surface area contributed by atoms with Crippen LogP contribution in [0.4, 0.5) is 0 Å². The van der Waals surface area contributed by atoms with Gasteiger partial charge < -0.3 is 16.0 Å². The molecule has 3 N–H and O–H groups in total. The molecule has 5 nitrogen and oxygen atoms in total. The molecule has 0 aliphatic rings. The first-order valence-electron chi connectivity index (χ1n) is 7.43. The number of hydrogen-bond acceptors (Lipinski definition) is 3. The summed E-state index contributed by atoms with van der Waals surface area (Å²) in [7, 11) is 0. The molecule has 0 spiro atoms. The minimum atomic E-state index is -0.285. The van der Waals surface area contributed by atoms with E-state index in [1.165, 1.54) is 6.92 Å². The van der Waals surface area contributed by atoms with E-state index in [2.05, 4.69) is 22.9 Å². The lowest BCUT2D eigenvalue weighted by molar-refractivity contribution is -0.122. The molecule has 0 bridgehead atoms. The van der Waals surface area contributed by atoms with Crippen LogP contribution < -0.4 is 16.0 Å². The van der Waals surface area contributed by atoms with E-state index in [1.54, 1.807) is 0 Å². The average molecular weight is 328 g/mol. The van der Waals surface area contributed by atoms with E-state index >= 15 is 0 Å². The Morgan fingerprint density at radius 1 is 1.09 bits per heavy atom. The molecule has 0 fully saturated rings. The molecule has 1 atom stereocenters. The van der Waals surface area contributed by atoms with Gasteiger partial charge in [0.05, 0.1) is 12.5 Å². The summed E-state index contributed by atoms with van der Waals surface area (Å²) in [5.74, 6) is -0.197. The van der Waals surface area contributed by atoms with Gasteiger partial charge >= 0.3 is 0 Å². The third-order valence-electron chi connectivity index (χ3n) is 3.02. The van der Waals surface area contributed by atoms with Gasteiger partial charge in [0.25, 0.3) is 0 Å². The van der Waals surface area contributed by atoms with Crippen LogP contribution in [0.25, 0.3) is 0 Å². The van der Waals surface area contributed by atoms with Gasteiger partial charge in [0.2, 0.25) is 11.8 Å². The fourth-order valence-corrected chi connectivity index (χ4v) is 2.03. The largest absolute Gasteiger partial charge is 0.355 e. The zero-order chi connectivity index (χ0) is 15.5. The second kappa shape index (κ2) is 12.0. The predicted molar refractivity (Wildman–Crippen MR) is 91.0 cm³/mol. The standard InChI is InChI=1S/C16H25N3O2.ClH/c1-3-9-17-10-11-18-16(21)12-15(19-13(2)20)14-7-5-4-6-8-14;/h4-8,15,17H,3,9-12H2,1-2H3,(H,18,21)(H,19,20);1H. The molecule has 0 saturated carbocycles. The van der Waals surface area contributed by atoms with Crippen molar-refractivity contribution < 1.29 is 9.59 Å². The smallest absolute Gasteiger partial charge is 0.222 e. The number of benzene rings is 1. The monoisotopic (exact) mass is 327 g/mol. The fraction of sp³-hybridized carbons (Fsp3) is 0.500. The highest BCUT2D eigenvalue weighted by molar-refractivity contribution is 5.85. The van der Waals surface area contributed by atoms with E-state index < -0.39 is 0 Å². The van der Waals surface area contributed by atoms with Gasteiger partial charge in [-0.15, -0.1) is 12.4 Å². The lowest BCUT2D eigenvalue weighted by Crippen LogP contribution is -2.35. The second-order valence-corrected chi connectivity index (χ2v) is 4.97. The highest BCUT2D eigenvalue weighted by Gasteiger charge is 2.16. The first kappa shape index (κ1) is 20.4. The summed E-state index contributed by atoms with van der Waals surface area (Å²) in [5, 5.41) is 8.91. The Balaban J connectivity index is 0.00000441. The Morgan fingerprint density at radius 2 is 1.77 bits per heavy atom. The van der Waals surface area contributed by atoms with Crippen LogP contribution in [0.1, 0.15) is 38.3 Å². The van der Waals surface area contributed by atoms with E-state index in [1.807, 2.05) is 30.3 Å². The molecule has 0 heterocycles.